The van der Waals surface area contributed by atoms with Crippen molar-refractivity contribution in [1.82, 2.24) is 4.90 Å². The van der Waals surface area contributed by atoms with Crippen molar-refractivity contribution in [3.63, 3.8) is 0 Å². The molecule has 3 aliphatic carbocycles. The highest BCUT2D eigenvalue weighted by molar-refractivity contribution is 6.23. The number of carbonyl (C=O) groups excluding carboxylic acids is 4. The largest absolute Gasteiger partial charge is 0.491 e. The Morgan fingerprint density at radius 2 is 1.86 bits per heavy atom. The van der Waals surface area contributed by atoms with Crippen LogP contribution in [0.4, 0.5) is 0 Å². The lowest BCUT2D eigenvalue weighted by Crippen LogP contribution is -2.40. The number of hydrogen-bond acceptors (Lipinski definition) is 6. The fraction of sp³-hybridized carbons (Fsp3) is 0.429. The summed E-state index contributed by atoms with van der Waals surface area (Å²) in [6.07, 6.45) is 4.79. The number of aliphatic hydroxyl groups is 1. The van der Waals surface area contributed by atoms with Crippen LogP contribution in [0.15, 0.2) is 58.7 Å². The Hall–Kier alpha value is -3.32. The molecule has 7 heteroatoms. The molecule has 1 N–H and O–H groups in total. The minimum atomic E-state index is -0.552. The Bertz CT molecular complexity index is 1220. The predicted octanol–water partition coefficient (Wildman–Crippen LogP) is 2.90. The summed E-state index contributed by atoms with van der Waals surface area (Å²) in [7, 11) is 0. The van der Waals surface area contributed by atoms with Gasteiger partial charge in [-0.3, -0.25) is 24.1 Å². The molecule has 1 aliphatic heterocycles. The van der Waals surface area contributed by atoms with E-state index in [9.17, 15) is 24.3 Å². The van der Waals surface area contributed by atoms with Crippen molar-refractivity contribution in [2.75, 3.05) is 19.8 Å². The molecule has 4 aliphatic rings. The number of nitrogens with zero attached hydrogens (tertiary/aromatic N) is 1. The van der Waals surface area contributed by atoms with E-state index in [2.05, 4.69) is 0 Å². The first-order valence-electron chi connectivity index (χ1n) is 12.3. The van der Waals surface area contributed by atoms with Gasteiger partial charge in [0, 0.05) is 34.7 Å². The maximum absolute atomic E-state index is 13.5. The number of benzene rings is 1. The first kappa shape index (κ1) is 23.4. The number of ether oxygens (including phenoxy) is 1. The van der Waals surface area contributed by atoms with Gasteiger partial charge in [-0.1, -0.05) is 36.8 Å². The topological polar surface area (TPSA) is 101 Å². The van der Waals surface area contributed by atoms with Gasteiger partial charge < -0.3 is 9.84 Å². The van der Waals surface area contributed by atoms with E-state index in [0.717, 1.165) is 11.1 Å². The number of imide groups is 1. The number of likely N-dealkylation sites (tertiary alicyclic amines) is 1. The quantitative estimate of drug-likeness (QED) is 0.386. The van der Waals surface area contributed by atoms with E-state index in [4.69, 9.17) is 4.74 Å². The summed E-state index contributed by atoms with van der Waals surface area (Å²) in [4.78, 5) is 54.5. The lowest BCUT2D eigenvalue weighted by atomic mass is 9.59. The van der Waals surface area contributed by atoms with Crippen LogP contribution >= 0.6 is 0 Å². The van der Waals surface area contributed by atoms with E-state index in [0.29, 0.717) is 41.9 Å². The molecule has 0 saturated carbocycles. The van der Waals surface area contributed by atoms with Crippen LogP contribution in [0.5, 0.6) is 5.75 Å². The summed E-state index contributed by atoms with van der Waals surface area (Å²) in [6.45, 7) is 3.89. The van der Waals surface area contributed by atoms with Crippen LogP contribution in [0.3, 0.4) is 0 Å². The highest BCUT2D eigenvalue weighted by Gasteiger charge is 2.56. The molecule has 7 nitrogen and oxygen atoms in total. The first-order chi connectivity index (χ1) is 16.9. The lowest BCUT2D eigenvalue weighted by Gasteiger charge is -2.42. The summed E-state index contributed by atoms with van der Waals surface area (Å²) < 4.78 is 5.82. The van der Waals surface area contributed by atoms with Gasteiger partial charge in [-0.05, 0) is 44.2 Å². The number of Topliss-reactive ketones (excluding diaryl/α,β-unsaturated/α-hetero) is 1. The van der Waals surface area contributed by atoms with Gasteiger partial charge in [-0.25, -0.2) is 0 Å². The Labute approximate surface area is 204 Å². The van der Waals surface area contributed by atoms with Gasteiger partial charge in [0.25, 0.3) is 0 Å². The predicted molar refractivity (Wildman–Crippen MR) is 127 cm³/mol. The molecule has 182 valence electrons. The molecule has 1 fully saturated rings. The average Bonchev–Trinajstić information content (AvgIpc) is 3.10. The van der Waals surface area contributed by atoms with Crippen LogP contribution in [-0.4, -0.2) is 53.1 Å². The van der Waals surface area contributed by atoms with E-state index < -0.39 is 17.8 Å². The van der Waals surface area contributed by atoms with Crippen molar-refractivity contribution in [3.05, 3.63) is 64.3 Å². The summed E-state index contributed by atoms with van der Waals surface area (Å²) in [5.41, 5.74) is 2.88. The number of fused-ring (bicyclic) bond motifs is 3. The van der Waals surface area contributed by atoms with Crippen molar-refractivity contribution < 1.29 is 29.0 Å². The lowest BCUT2D eigenvalue weighted by molar-refractivity contribution is -0.140. The monoisotopic (exact) mass is 475 g/mol. The van der Waals surface area contributed by atoms with Crippen LogP contribution in [0.1, 0.15) is 44.6 Å². The van der Waals surface area contributed by atoms with Gasteiger partial charge >= 0.3 is 0 Å². The minimum Gasteiger partial charge on any atom is -0.491 e. The van der Waals surface area contributed by atoms with Crippen molar-refractivity contribution >= 4 is 23.4 Å². The molecule has 0 aromatic heterocycles. The second kappa shape index (κ2) is 9.04. The van der Waals surface area contributed by atoms with Gasteiger partial charge in [-0.15, -0.1) is 0 Å². The fourth-order valence-corrected chi connectivity index (χ4v) is 6.25. The second-order valence-electron chi connectivity index (χ2n) is 9.67. The van der Waals surface area contributed by atoms with Gasteiger partial charge in [0.1, 0.15) is 12.4 Å². The van der Waals surface area contributed by atoms with Gasteiger partial charge in [0.15, 0.2) is 11.6 Å². The molecule has 0 unspecified atom stereocenters. The molecule has 0 spiro atoms. The highest BCUT2D eigenvalue weighted by Crippen LogP contribution is 2.56. The number of allylic oxidation sites excluding steroid dienone is 6. The van der Waals surface area contributed by atoms with E-state index in [1.807, 2.05) is 31.2 Å². The fourth-order valence-electron chi connectivity index (χ4n) is 6.25. The Morgan fingerprint density at radius 1 is 1.09 bits per heavy atom. The second-order valence-corrected chi connectivity index (χ2v) is 9.67. The van der Waals surface area contributed by atoms with Crippen molar-refractivity contribution in [3.8, 4) is 5.75 Å². The zero-order valence-electron chi connectivity index (χ0n) is 20.0. The van der Waals surface area contributed by atoms with Crippen molar-refractivity contribution in [2.45, 2.75) is 39.0 Å². The van der Waals surface area contributed by atoms with Gasteiger partial charge in [0.2, 0.25) is 11.8 Å². The first-order valence-corrected chi connectivity index (χ1v) is 12.3. The number of amides is 2. The van der Waals surface area contributed by atoms with Gasteiger partial charge in [0.05, 0.1) is 18.4 Å². The Morgan fingerprint density at radius 3 is 2.60 bits per heavy atom. The molecule has 35 heavy (non-hydrogen) atoms. The van der Waals surface area contributed by atoms with E-state index in [1.165, 1.54) is 11.0 Å². The molecule has 1 saturated heterocycles. The number of rotatable bonds is 6. The third kappa shape index (κ3) is 3.60. The van der Waals surface area contributed by atoms with Crippen LogP contribution < -0.4 is 4.74 Å². The number of ketones is 2. The van der Waals surface area contributed by atoms with E-state index >= 15 is 0 Å². The van der Waals surface area contributed by atoms with Crippen LogP contribution in [0.2, 0.25) is 0 Å². The van der Waals surface area contributed by atoms with Crippen LogP contribution in [0, 0.1) is 17.8 Å². The highest BCUT2D eigenvalue weighted by atomic mass is 16.5. The van der Waals surface area contributed by atoms with E-state index in [1.54, 1.807) is 13.0 Å². The number of para-hydroxylation sites is 1. The SMILES string of the molecule is CCCN1C(=O)[C@H]2[C@H](CC=C3[C@H](c4ccccc4OCCO)C4=C(C[C@H]32)C(=O)C(C)=CC4=O)C1=O. The molecule has 4 atom stereocenters. The maximum atomic E-state index is 13.5. The molecule has 0 bridgehead atoms. The number of carbonyl (C=O) groups is 4. The van der Waals surface area contributed by atoms with Crippen molar-refractivity contribution in [1.29, 1.82) is 0 Å². The molecule has 1 aromatic rings. The molecular weight excluding hydrogens is 446 g/mol. The zero-order valence-corrected chi connectivity index (χ0v) is 20.0. The molecule has 2 amide bonds. The van der Waals surface area contributed by atoms with E-state index in [-0.39, 0.29) is 48.9 Å². The zero-order chi connectivity index (χ0) is 24.9. The van der Waals surface area contributed by atoms with Crippen molar-refractivity contribution in [2.24, 2.45) is 17.8 Å². The molecule has 1 aromatic carbocycles. The molecule has 5 rings (SSSR count). The summed E-state index contributed by atoms with van der Waals surface area (Å²) in [6, 6.07) is 7.31. The summed E-state index contributed by atoms with van der Waals surface area (Å²) in [5, 5.41) is 9.31. The van der Waals surface area contributed by atoms with Crippen LogP contribution in [0.25, 0.3) is 0 Å². The average molecular weight is 476 g/mol. The standard InChI is InChI=1S/C28H29NO6/c1-3-10-29-27(33)18-9-8-16-19(24(18)28(29)34)14-20-25(21(31)13-15(2)26(20)32)23(16)17-6-4-5-7-22(17)35-12-11-30/h4-8,13,18-19,23-24,30H,3,9-12,14H2,1-2H3/t18-,19+,23+,24-/m0/s1. The van der Waals surface area contributed by atoms with Gasteiger partial charge in [-0.2, -0.15) is 0 Å². The molecular formula is C28H29NO6. The minimum absolute atomic E-state index is 0.0909. The number of hydrogen-bond donors (Lipinski definition) is 1. The smallest absolute Gasteiger partial charge is 0.233 e. The third-order valence-electron chi connectivity index (χ3n) is 7.68. The Kier molecular flexibility index (Phi) is 6.05. The molecule has 0 radical (unpaired) electrons. The maximum Gasteiger partial charge on any atom is 0.233 e. The normalized spacial score (nSPS) is 27.9. The third-order valence-corrected chi connectivity index (χ3v) is 7.68. The number of aliphatic hydroxyl groups excluding tert-OH is 1. The Balaban J connectivity index is 1.67. The summed E-state index contributed by atoms with van der Waals surface area (Å²) in [5.74, 6) is -2.04. The summed E-state index contributed by atoms with van der Waals surface area (Å²) >= 11 is 0. The molecule has 1 heterocycles. The van der Waals surface area contributed by atoms with Crippen LogP contribution in [-0.2, 0) is 19.2 Å².